The van der Waals surface area contributed by atoms with Gasteiger partial charge in [0.2, 0.25) is 0 Å². The molecular weight excluding hydrogens is 230 g/mol. The third kappa shape index (κ3) is 2.15. The van der Waals surface area contributed by atoms with Crippen LogP contribution in [0.2, 0.25) is 0 Å². The molecular formula is C12H17N5O. The molecule has 3 rings (SSSR count). The lowest BCUT2D eigenvalue weighted by molar-refractivity contribution is 0.524. The van der Waals surface area contributed by atoms with Crippen LogP contribution in [0.1, 0.15) is 24.4 Å². The smallest absolute Gasteiger partial charge is 0.274 e. The van der Waals surface area contributed by atoms with Gasteiger partial charge < -0.3 is 5.32 Å². The second-order valence-corrected chi connectivity index (χ2v) is 4.94. The average Bonchev–Trinajstić information content (AvgIpc) is 2.93. The monoisotopic (exact) mass is 247 g/mol. The summed E-state index contributed by atoms with van der Waals surface area (Å²) >= 11 is 0. The van der Waals surface area contributed by atoms with Crippen LogP contribution in [0.4, 0.5) is 0 Å². The van der Waals surface area contributed by atoms with Crippen molar-refractivity contribution in [3.05, 3.63) is 27.9 Å². The van der Waals surface area contributed by atoms with E-state index in [1.807, 2.05) is 0 Å². The Kier molecular flexibility index (Phi) is 2.87. The van der Waals surface area contributed by atoms with Gasteiger partial charge in [-0.2, -0.15) is 9.50 Å². The highest BCUT2D eigenvalue weighted by molar-refractivity contribution is 5.27. The van der Waals surface area contributed by atoms with Crippen LogP contribution in [-0.4, -0.2) is 32.7 Å². The van der Waals surface area contributed by atoms with E-state index in [0.29, 0.717) is 11.5 Å². The van der Waals surface area contributed by atoms with Gasteiger partial charge in [0.1, 0.15) is 5.82 Å². The zero-order valence-electron chi connectivity index (χ0n) is 10.4. The molecule has 1 fully saturated rings. The van der Waals surface area contributed by atoms with Crippen molar-refractivity contribution >= 4 is 5.78 Å². The van der Waals surface area contributed by atoms with Crippen molar-refractivity contribution in [2.24, 2.45) is 5.92 Å². The molecule has 2 aromatic rings. The summed E-state index contributed by atoms with van der Waals surface area (Å²) in [5.41, 5.74) is 0.608. The van der Waals surface area contributed by atoms with Crippen LogP contribution >= 0.6 is 0 Å². The fourth-order valence-corrected chi connectivity index (χ4v) is 2.45. The first-order valence-corrected chi connectivity index (χ1v) is 6.38. The first kappa shape index (κ1) is 11.4. The highest BCUT2D eigenvalue weighted by Gasteiger charge is 2.15. The van der Waals surface area contributed by atoms with Gasteiger partial charge in [0, 0.05) is 18.2 Å². The van der Waals surface area contributed by atoms with Gasteiger partial charge in [0.15, 0.2) is 0 Å². The van der Waals surface area contributed by atoms with Gasteiger partial charge >= 0.3 is 0 Å². The third-order valence-corrected chi connectivity index (χ3v) is 3.46. The van der Waals surface area contributed by atoms with Crippen molar-refractivity contribution in [3.8, 4) is 0 Å². The van der Waals surface area contributed by atoms with Crippen LogP contribution < -0.4 is 10.9 Å². The fourth-order valence-electron chi connectivity index (χ4n) is 2.45. The number of H-pyrrole nitrogens is 1. The first-order chi connectivity index (χ1) is 8.72. The van der Waals surface area contributed by atoms with Gasteiger partial charge in [-0.3, -0.25) is 9.89 Å². The number of hydrogen-bond donors (Lipinski definition) is 2. The summed E-state index contributed by atoms with van der Waals surface area (Å²) in [7, 11) is 0. The van der Waals surface area contributed by atoms with E-state index < -0.39 is 0 Å². The van der Waals surface area contributed by atoms with Crippen molar-refractivity contribution in [3.63, 3.8) is 0 Å². The van der Waals surface area contributed by atoms with Crippen LogP contribution in [0.5, 0.6) is 0 Å². The normalized spacial score (nSPS) is 19.7. The highest BCUT2D eigenvalue weighted by atomic mass is 16.1. The molecule has 6 heteroatoms. The molecule has 0 saturated carbocycles. The van der Waals surface area contributed by atoms with Crippen molar-refractivity contribution in [2.45, 2.75) is 26.2 Å². The van der Waals surface area contributed by atoms with E-state index in [0.717, 1.165) is 37.7 Å². The standard InChI is InChI=1S/C12H17N5O/c1-8-6-11(18)17-12(14-8)15-10(16-17)3-2-9-4-5-13-7-9/h6,9,13H,2-5,7H2,1H3,(H,14,15,16). The summed E-state index contributed by atoms with van der Waals surface area (Å²) in [5.74, 6) is 2.04. The molecule has 0 amide bonds. The van der Waals surface area contributed by atoms with E-state index in [1.54, 1.807) is 6.92 Å². The Morgan fingerprint density at radius 2 is 2.39 bits per heavy atom. The zero-order chi connectivity index (χ0) is 12.5. The Morgan fingerprint density at radius 3 is 3.17 bits per heavy atom. The predicted molar refractivity (Wildman–Crippen MR) is 67.6 cm³/mol. The van der Waals surface area contributed by atoms with Crippen LogP contribution in [0, 0.1) is 12.8 Å². The van der Waals surface area contributed by atoms with Gasteiger partial charge in [0.25, 0.3) is 11.3 Å². The Labute approximate surface area is 104 Å². The van der Waals surface area contributed by atoms with E-state index in [1.165, 1.54) is 17.0 Å². The second-order valence-electron chi connectivity index (χ2n) is 4.94. The minimum absolute atomic E-state index is 0.0983. The summed E-state index contributed by atoms with van der Waals surface area (Å²) in [6, 6.07) is 1.51. The van der Waals surface area contributed by atoms with Crippen molar-refractivity contribution in [1.29, 1.82) is 0 Å². The Hall–Kier alpha value is -1.69. The molecule has 0 radical (unpaired) electrons. The van der Waals surface area contributed by atoms with E-state index in [9.17, 15) is 4.79 Å². The van der Waals surface area contributed by atoms with Crippen molar-refractivity contribution in [2.75, 3.05) is 13.1 Å². The second kappa shape index (κ2) is 4.53. The molecule has 96 valence electrons. The third-order valence-electron chi connectivity index (χ3n) is 3.46. The number of aromatic amines is 1. The first-order valence-electron chi connectivity index (χ1n) is 6.38. The van der Waals surface area contributed by atoms with Gasteiger partial charge in [-0.15, -0.1) is 0 Å². The van der Waals surface area contributed by atoms with Crippen LogP contribution in [0.3, 0.4) is 0 Å². The summed E-state index contributed by atoms with van der Waals surface area (Å²) in [6.07, 6.45) is 3.20. The molecule has 6 nitrogen and oxygen atoms in total. The number of nitrogens with zero attached hydrogens (tertiary/aromatic N) is 3. The average molecular weight is 247 g/mol. The molecule has 1 atom stereocenters. The zero-order valence-corrected chi connectivity index (χ0v) is 10.4. The number of aryl methyl sites for hydroxylation is 2. The maximum Gasteiger partial charge on any atom is 0.274 e. The van der Waals surface area contributed by atoms with E-state index in [-0.39, 0.29) is 5.56 Å². The number of rotatable bonds is 3. The quantitative estimate of drug-likeness (QED) is 0.816. The molecule has 3 heterocycles. The van der Waals surface area contributed by atoms with Gasteiger partial charge in [-0.05, 0) is 38.8 Å². The molecule has 1 aliphatic heterocycles. The maximum atomic E-state index is 11.7. The number of aromatic nitrogens is 4. The lowest BCUT2D eigenvalue weighted by Gasteiger charge is -2.04. The molecule has 1 saturated heterocycles. The maximum absolute atomic E-state index is 11.7. The lowest BCUT2D eigenvalue weighted by Crippen LogP contribution is -2.14. The Morgan fingerprint density at radius 1 is 1.50 bits per heavy atom. The molecule has 0 aliphatic carbocycles. The molecule has 0 bridgehead atoms. The minimum atomic E-state index is -0.0983. The van der Waals surface area contributed by atoms with Crippen molar-refractivity contribution < 1.29 is 0 Å². The Bertz CT molecular complexity index is 608. The minimum Gasteiger partial charge on any atom is -0.316 e. The summed E-state index contributed by atoms with van der Waals surface area (Å²) in [6.45, 7) is 4.02. The largest absolute Gasteiger partial charge is 0.316 e. The molecule has 0 aromatic carbocycles. The van der Waals surface area contributed by atoms with Gasteiger partial charge in [0.05, 0.1) is 0 Å². The number of hydrogen-bond acceptors (Lipinski definition) is 4. The van der Waals surface area contributed by atoms with Gasteiger partial charge in [-0.25, -0.2) is 4.98 Å². The van der Waals surface area contributed by atoms with Gasteiger partial charge in [-0.1, -0.05) is 0 Å². The molecule has 0 spiro atoms. The van der Waals surface area contributed by atoms with E-state index in [4.69, 9.17) is 0 Å². The highest BCUT2D eigenvalue weighted by Crippen LogP contribution is 2.14. The van der Waals surface area contributed by atoms with Crippen LogP contribution in [-0.2, 0) is 6.42 Å². The Balaban J connectivity index is 1.80. The molecule has 18 heavy (non-hydrogen) atoms. The lowest BCUT2D eigenvalue weighted by atomic mass is 10.0. The fraction of sp³-hybridized carbons (Fsp3) is 0.583. The molecule has 1 unspecified atom stereocenters. The molecule has 2 aromatic heterocycles. The summed E-state index contributed by atoms with van der Waals surface area (Å²) in [5, 5.41) is 6.38. The van der Waals surface area contributed by atoms with E-state index in [2.05, 4.69) is 20.4 Å². The summed E-state index contributed by atoms with van der Waals surface area (Å²) in [4.78, 5) is 20.3. The number of fused-ring (bicyclic) bond motifs is 1. The molecule has 2 N–H and O–H groups in total. The van der Waals surface area contributed by atoms with Crippen LogP contribution in [0.15, 0.2) is 10.9 Å². The SMILES string of the molecule is Cc1cc(=O)n2[nH]c(CCC3CCNC3)nc2n1. The summed E-state index contributed by atoms with van der Waals surface area (Å²) < 4.78 is 1.41. The molecule has 1 aliphatic rings. The van der Waals surface area contributed by atoms with Crippen molar-refractivity contribution in [1.82, 2.24) is 24.9 Å². The van der Waals surface area contributed by atoms with E-state index >= 15 is 0 Å². The number of nitrogens with one attached hydrogen (secondary N) is 2. The topological polar surface area (TPSA) is 75.1 Å². The predicted octanol–water partition coefficient (Wildman–Crippen LogP) is 0.268. The van der Waals surface area contributed by atoms with Crippen LogP contribution in [0.25, 0.3) is 5.78 Å².